The number of carbonyl (C=O) groups excluding carboxylic acids is 1. The van der Waals surface area contributed by atoms with Gasteiger partial charge in [-0.2, -0.15) is 5.10 Å². The van der Waals surface area contributed by atoms with Crippen molar-refractivity contribution in [2.45, 2.75) is 53.2 Å². The van der Waals surface area contributed by atoms with E-state index in [1.165, 1.54) is 0 Å². The van der Waals surface area contributed by atoms with E-state index in [1.807, 2.05) is 18.5 Å². The monoisotopic (exact) mass is 279 g/mol. The third kappa shape index (κ3) is 3.03. The first kappa shape index (κ1) is 15.0. The van der Waals surface area contributed by atoms with Gasteiger partial charge in [-0.3, -0.25) is 9.48 Å². The molecule has 1 aromatic heterocycles. The molecule has 2 heterocycles. The van der Waals surface area contributed by atoms with Crippen molar-refractivity contribution in [1.82, 2.24) is 14.7 Å². The number of aliphatic hydroxyl groups is 1. The Morgan fingerprint density at radius 1 is 1.40 bits per heavy atom. The predicted octanol–water partition coefficient (Wildman–Crippen LogP) is 1.29. The van der Waals surface area contributed by atoms with E-state index < -0.39 is 5.60 Å². The lowest BCUT2D eigenvalue weighted by atomic mass is 9.96. The Labute approximate surface area is 120 Å². The highest BCUT2D eigenvalue weighted by Crippen LogP contribution is 2.22. The second-order valence-corrected chi connectivity index (χ2v) is 6.65. The Hall–Kier alpha value is -1.36. The molecule has 1 aliphatic heterocycles. The maximum Gasteiger partial charge on any atom is 0.227 e. The number of amides is 1. The molecule has 1 aliphatic rings. The SMILES string of the molecule is Cc1nn(CC(C)C)c(C)c1CC(=O)N1CC(C)(O)C1. The standard InChI is InChI=1S/C15H25N3O2/c1-10(2)7-18-12(4)13(11(3)16-18)6-14(19)17-8-15(5,20)9-17/h10,20H,6-9H2,1-5H3. The minimum atomic E-state index is -0.707. The van der Waals surface area contributed by atoms with Crippen LogP contribution in [0.2, 0.25) is 0 Å². The van der Waals surface area contributed by atoms with Gasteiger partial charge in [-0.05, 0) is 26.7 Å². The average molecular weight is 279 g/mol. The van der Waals surface area contributed by atoms with Gasteiger partial charge in [-0.1, -0.05) is 13.8 Å². The van der Waals surface area contributed by atoms with E-state index >= 15 is 0 Å². The van der Waals surface area contributed by atoms with Crippen LogP contribution in [0.4, 0.5) is 0 Å². The van der Waals surface area contributed by atoms with Crippen LogP contribution in [0.15, 0.2) is 0 Å². The highest BCUT2D eigenvalue weighted by atomic mass is 16.3. The van der Waals surface area contributed by atoms with Crippen LogP contribution in [0.5, 0.6) is 0 Å². The van der Waals surface area contributed by atoms with E-state index in [9.17, 15) is 9.90 Å². The van der Waals surface area contributed by atoms with E-state index in [1.54, 1.807) is 11.8 Å². The molecule has 1 N–H and O–H groups in total. The molecule has 0 unspecified atom stereocenters. The fourth-order valence-electron chi connectivity index (χ4n) is 2.73. The molecule has 20 heavy (non-hydrogen) atoms. The van der Waals surface area contributed by atoms with Crippen molar-refractivity contribution in [2.24, 2.45) is 5.92 Å². The van der Waals surface area contributed by atoms with Gasteiger partial charge in [0, 0.05) is 17.8 Å². The Morgan fingerprint density at radius 3 is 2.50 bits per heavy atom. The number of nitrogens with zero attached hydrogens (tertiary/aromatic N) is 3. The van der Waals surface area contributed by atoms with Gasteiger partial charge < -0.3 is 10.0 Å². The lowest BCUT2D eigenvalue weighted by Gasteiger charge is -2.44. The molecule has 0 spiro atoms. The Balaban J connectivity index is 2.06. The highest BCUT2D eigenvalue weighted by Gasteiger charge is 2.39. The first-order valence-corrected chi connectivity index (χ1v) is 7.22. The lowest BCUT2D eigenvalue weighted by Crippen LogP contribution is -2.62. The third-order valence-electron chi connectivity index (χ3n) is 3.81. The van der Waals surface area contributed by atoms with E-state index in [2.05, 4.69) is 18.9 Å². The molecule has 0 atom stereocenters. The molecule has 1 fully saturated rings. The van der Waals surface area contributed by atoms with Gasteiger partial charge in [0.15, 0.2) is 0 Å². The zero-order valence-corrected chi connectivity index (χ0v) is 13.1. The summed E-state index contributed by atoms with van der Waals surface area (Å²) in [5, 5.41) is 14.2. The van der Waals surface area contributed by atoms with Gasteiger partial charge in [-0.15, -0.1) is 0 Å². The zero-order valence-electron chi connectivity index (χ0n) is 13.1. The number of aryl methyl sites for hydroxylation is 1. The van der Waals surface area contributed by atoms with Crippen molar-refractivity contribution in [1.29, 1.82) is 0 Å². The fraction of sp³-hybridized carbons (Fsp3) is 0.733. The van der Waals surface area contributed by atoms with E-state index in [0.29, 0.717) is 25.4 Å². The maximum absolute atomic E-state index is 12.2. The van der Waals surface area contributed by atoms with Crippen LogP contribution >= 0.6 is 0 Å². The van der Waals surface area contributed by atoms with Gasteiger partial charge in [0.2, 0.25) is 5.91 Å². The Morgan fingerprint density at radius 2 is 2.00 bits per heavy atom. The van der Waals surface area contributed by atoms with E-state index in [0.717, 1.165) is 23.5 Å². The van der Waals surface area contributed by atoms with Gasteiger partial charge >= 0.3 is 0 Å². The Bertz CT molecular complexity index is 509. The molecule has 0 radical (unpaired) electrons. The summed E-state index contributed by atoms with van der Waals surface area (Å²) < 4.78 is 1.99. The predicted molar refractivity (Wildman–Crippen MR) is 77.4 cm³/mol. The molecule has 2 rings (SSSR count). The van der Waals surface area contributed by atoms with Crippen molar-refractivity contribution in [3.05, 3.63) is 17.0 Å². The number of likely N-dealkylation sites (tertiary alicyclic amines) is 1. The minimum absolute atomic E-state index is 0.0758. The average Bonchev–Trinajstić information content (AvgIpc) is 2.52. The summed E-state index contributed by atoms with van der Waals surface area (Å²) in [6, 6.07) is 0. The van der Waals surface area contributed by atoms with E-state index in [-0.39, 0.29) is 5.91 Å². The number of hydrogen-bond donors (Lipinski definition) is 1. The second kappa shape index (κ2) is 5.20. The lowest BCUT2D eigenvalue weighted by molar-refractivity contribution is -0.151. The van der Waals surface area contributed by atoms with Crippen LogP contribution in [0, 0.1) is 19.8 Å². The maximum atomic E-state index is 12.2. The number of carbonyl (C=O) groups is 1. The number of β-amino-alcohol motifs (C(OH)–C–C–N with tert-alkyl or cyclic N) is 1. The normalized spacial score (nSPS) is 17.4. The van der Waals surface area contributed by atoms with Crippen molar-refractivity contribution >= 4 is 5.91 Å². The summed E-state index contributed by atoms with van der Waals surface area (Å²) in [5.41, 5.74) is 2.34. The summed E-state index contributed by atoms with van der Waals surface area (Å²) in [6.45, 7) is 11.8. The molecule has 0 aliphatic carbocycles. The quantitative estimate of drug-likeness (QED) is 0.903. The molecule has 1 saturated heterocycles. The summed E-state index contributed by atoms with van der Waals surface area (Å²) in [5.74, 6) is 0.605. The molecule has 0 saturated carbocycles. The molecule has 1 aromatic rings. The van der Waals surface area contributed by atoms with Crippen molar-refractivity contribution in [2.75, 3.05) is 13.1 Å². The van der Waals surface area contributed by atoms with Crippen LogP contribution in [0.25, 0.3) is 0 Å². The molecule has 0 aromatic carbocycles. The first-order valence-electron chi connectivity index (χ1n) is 7.22. The zero-order chi connectivity index (χ0) is 15.1. The minimum Gasteiger partial charge on any atom is -0.386 e. The van der Waals surface area contributed by atoms with Gasteiger partial charge in [0.05, 0.1) is 30.8 Å². The van der Waals surface area contributed by atoms with Gasteiger partial charge in [0.25, 0.3) is 0 Å². The second-order valence-electron chi connectivity index (χ2n) is 6.65. The van der Waals surface area contributed by atoms with Crippen LogP contribution in [-0.2, 0) is 17.8 Å². The van der Waals surface area contributed by atoms with Crippen molar-refractivity contribution in [3.8, 4) is 0 Å². The molecule has 1 amide bonds. The van der Waals surface area contributed by atoms with Crippen LogP contribution in [0.3, 0.4) is 0 Å². The summed E-state index contributed by atoms with van der Waals surface area (Å²) >= 11 is 0. The van der Waals surface area contributed by atoms with Crippen molar-refractivity contribution in [3.63, 3.8) is 0 Å². The highest BCUT2D eigenvalue weighted by molar-refractivity contribution is 5.80. The third-order valence-corrected chi connectivity index (χ3v) is 3.81. The number of hydrogen-bond acceptors (Lipinski definition) is 3. The fourth-order valence-corrected chi connectivity index (χ4v) is 2.73. The van der Waals surface area contributed by atoms with E-state index in [4.69, 9.17) is 0 Å². The molecule has 5 heteroatoms. The molecular weight excluding hydrogens is 254 g/mol. The number of aromatic nitrogens is 2. The molecular formula is C15H25N3O2. The van der Waals surface area contributed by atoms with Crippen molar-refractivity contribution < 1.29 is 9.90 Å². The van der Waals surface area contributed by atoms with Gasteiger partial charge in [-0.25, -0.2) is 0 Å². The molecule has 5 nitrogen and oxygen atoms in total. The molecule has 0 bridgehead atoms. The molecule has 112 valence electrons. The first-order chi connectivity index (χ1) is 9.19. The van der Waals surface area contributed by atoms with Crippen LogP contribution in [-0.4, -0.2) is 44.4 Å². The summed E-state index contributed by atoms with van der Waals surface area (Å²) in [4.78, 5) is 13.9. The largest absolute Gasteiger partial charge is 0.386 e. The topological polar surface area (TPSA) is 58.4 Å². The summed E-state index contributed by atoms with van der Waals surface area (Å²) in [6.07, 6.45) is 0.381. The summed E-state index contributed by atoms with van der Waals surface area (Å²) in [7, 11) is 0. The van der Waals surface area contributed by atoms with Crippen LogP contribution in [0.1, 0.15) is 37.7 Å². The van der Waals surface area contributed by atoms with Crippen LogP contribution < -0.4 is 0 Å². The Kier molecular flexibility index (Phi) is 3.91. The van der Waals surface area contributed by atoms with Gasteiger partial charge in [0.1, 0.15) is 0 Å². The number of rotatable bonds is 4. The smallest absolute Gasteiger partial charge is 0.227 e.